The van der Waals surface area contributed by atoms with E-state index in [9.17, 15) is 0 Å². The Kier molecular flexibility index (Phi) is 4.14. The van der Waals surface area contributed by atoms with E-state index >= 15 is 0 Å². The molecule has 0 aromatic carbocycles. The first-order valence-electron chi connectivity index (χ1n) is 6.39. The van der Waals surface area contributed by atoms with E-state index < -0.39 is 0 Å². The maximum Gasteiger partial charge on any atom is 0.140 e. The van der Waals surface area contributed by atoms with E-state index in [1.807, 2.05) is 12.1 Å². The van der Waals surface area contributed by atoms with E-state index in [0.717, 1.165) is 11.4 Å². The number of rotatable bonds is 3. The van der Waals surface area contributed by atoms with Gasteiger partial charge in [0.05, 0.1) is 0 Å². The van der Waals surface area contributed by atoms with Gasteiger partial charge in [0.25, 0.3) is 0 Å². The van der Waals surface area contributed by atoms with Gasteiger partial charge in [0.1, 0.15) is 10.8 Å². The Balaban J connectivity index is 2.12. The number of hydrogen-bond donors (Lipinski definition) is 2. The van der Waals surface area contributed by atoms with Crippen LogP contribution in [0.2, 0.25) is 0 Å². The molecular weight excluding hydrogens is 244 g/mol. The second-order valence-electron chi connectivity index (χ2n) is 4.94. The predicted octanol–water partition coefficient (Wildman–Crippen LogP) is 2.31. The number of pyridine rings is 1. The Bertz CT molecular complexity index is 425. The maximum absolute atomic E-state index is 5.63. The standard InChI is InChI=1S/C13H20N4S/c1-9-4-3-5-10(2)17(9)16-12-8-11(13(14)18)6-7-15-12/h6-10H,3-5H2,1-2H3,(H2,14,18)(H,15,16). The summed E-state index contributed by atoms with van der Waals surface area (Å²) in [7, 11) is 0. The second-order valence-corrected chi connectivity index (χ2v) is 5.38. The van der Waals surface area contributed by atoms with E-state index in [1.165, 1.54) is 19.3 Å². The van der Waals surface area contributed by atoms with Crippen LogP contribution in [-0.4, -0.2) is 27.1 Å². The highest BCUT2D eigenvalue weighted by molar-refractivity contribution is 7.80. The Hall–Kier alpha value is -1.20. The van der Waals surface area contributed by atoms with Crippen LogP contribution < -0.4 is 11.2 Å². The zero-order chi connectivity index (χ0) is 13.1. The second kappa shape index (κ2) is 5.63. The molecule has 1 aliphatic rings. The van der Waals surface area contributed by atoms with Crippen LogP contribution in [0.25, 0.3) is 0 Å². The Labute approximate surface area is 114 Å². The number of thiocarbonyl (C=S) groups is 1. The fourth-order valence-electron chi connectivity index (χ4n) is 2.42. The minimum absolute atomic E-state index is 0.403. The first kappa shape index (κ1) is 13.2. The summed E-state index contributed by atoms with van der Waals surface area (Å²) in [5, 5.41) is 2.27. The lowest BCUT2D eigenvalue weighted by atomic mass is 10.00. The van der Waals surface area contributed by atoms with Gasteiger partial charge in [-0.05, 0) is 38.8 Å². The van der Waals surface area contributed by atoms with Crippen molar-refractivity contribution in [2.75, 3.05) is 5.43 Å². The molecule has 2 heterocycles. The van der Waals surface area contributed by atoms with Crippen LogP contribution >= 0.6 is 12.2 Å². The smallest absolute Gasteiger partial charge is 0.140 e. The van der Waals surface area contributed by atoms with Crippen LogP contribution in [0.15, 0.2) is 18.3 Å². The number of nitrogens with zero attached hydrogens (tertiary/aromatic N) is 2. The molecule has 1 aliphatic heterocycles. The highest BCUT2D eigenvalue weighted by atomic mass is 32.1. The number of hydrogen-bond acceptors (Lipinski definition) is 4. The third-order valence-electron chi connectivity index (χ3n) is 3.48. The molecule has 18 heavy (non-hydrogen) atoms. The van der Waals surface area contributed by atoms with E-state index in [1.54, 1.807) is 6.20 Å². The Morgan fingerprint density at radius 1 is 1.44 bits per heavy atom. The minimum Gasteiger partial charge on any atom is -0.389 e. The van der Waals surface area contributed by atoms with Crippen LogP contribution in [-0.2, 0) is 0 Å². The lowest BCUT2D eigenvalue weighted by Crippen LogP contribution is -2.47. The first-order chi connectivity index (χ1) is 8.58. The molecule has 3 N–H and O–H groups in total. The van der Waals surface area contributed by atoms with Crippen LogP contribution in [0.3, 0.4) is 0 Å². The van der Waals surface area contributed by atoms with Crippen LogP contribution in [0.4, 0.5) is 5.82 Å². The van der Waals surface area contributed by atoms with Crippen molar-refractivity contribution in [1.29, 1.82) is 0 Å². The SMILES string of the molecule is CC1CCCC(C)N1Nc1cc(C(N)=S)ccn1. The summed E-state index contributed by atoms with van der Waals surface area (Å²) in [6, 6.07) is 4.76. The number of anilines is 1. The third kappa shape index (κ3) is 2.97. The van der Waals surface area contributed by atoms with E-state index in [0.29, 0.717) is 17.1 Å². The molecule has 0 amide bonds. The van der Waals surface area contributed by atoms with Gasteiger partial charge in [0, 0.05) is 23.8 Å². The largest absolute Gasteiger partial charge is 0.389 e. The summed E-state index contributed by atoms with van der Waals surface area (Å²) >= 11 is 4.98. The van der Waals surface area contributed by atoms with E-state index in [2.05, 4.69) is 29.3 Å². The maximum atomic E-state index is 5.63. The van der Waals surface area contributed by atoms with Gasteiger partial charge in [-0.15, -0.1) is 0 Å². The first-order valence-corrected chi connectivity index (χ1v) is 6.79. The molecule has 1 saturated heterocycles. The molecule has 98 valence electrons. The molecule has 1 fully saturated rings. The molecule has 1 aromatic rings. The topological polar surface area (TPSA) is 54.2 Å². The Morgan fingerprint density at radius 3 is 2.72 bits per heavy atom. The van der Waals surface area contributed by atoms with Crippen molar-refractivity contribution in [1.82, 2.24) is 9.99 Å². The quantitative estimate of drug-likeness (QED) is 0.821. The van der Waals surface area contributed by atoms with Crippen molar-refractivity contribution in [3.63, 3.8) is 0 Å². The molecule has 1 aromatic heterocycles. The highest BCUT2D eigenvalue weighted by Crippen LogP contribution is 2.22. The molecule has 0 bridgehead atoms. The van der Waals surface area contributed by atoms with Crippen molar-refractivity contribution in [2.45, 2.75) is 45.2 Å². The Morgan fingerprint density at radius 2 is 2.11 bits per heavy atom. The summed E-state index contributed by atoms with van der Waals surface area (Å²) in [4.78, 5) is 4.72. The molecule has 2 rings (SSSR count). The summed E-state index contributed by atoms with van der Waals surface area (Å²) in [5.41, 5.74) is 9.86. The van der Waals surface area contributed by atoms with Crippen LogP contribution in [0, 0.1) is 0 Å². The molecule has 0 radical (unpaired) electrons. The van der Waals surface area contributed by atoms with Gasteiger partial charge in [-0.3, -0.25) is 0 Å². The van der Waals surface area contributed by atoms with Gasteiger partial charge in [0.2, 0.25) is 0 Å². The zero-order valence-corrected chi connectivity index (χ0v) is 11.7. The fourth-order valence-corrected chi connectivity index (χ4v) is 2.55. The number of aromatic nitrogens is 1. The zero-order valence-electron chi connectivity index (χ0n) is 10.9. The van der Waals surface area contributed by atoms with Crippen molar-refractivity contribution in [3.05, 3.63) is 23.9 Å². The fraction of sp³-hybridized carbons (Fsp3) is 0.538. The van der Waals surface area contributed by atoms with E-state index in [-0.39, 0.29) is 0 Å². The summed E-state index contributed by atoms with van der Waals surface area (Å²) in [6.07, 6.45) is 5.45. The van der Waals surface area contributed by atoms with Gasteiger partial charge >= 0.3 is 0 Å². The molecule has 2 unspecified atom stereocenters. The van der Waals surface area contributed by atoms with Crippen molar-refractivity contribution in [2.24, 2.45) is 5.73 Å². The number of nitrogens with one attached hydrogen (secondary N) is 1. The lowest BCUT2D eigenvalue weighted by molar-refractivity contribution is 0.135. The van der Waals surface area contributed by atoms with Crippen molar-refractivity contribution in [3.8, 4) is 0 Å². The molecule has 0 saturated carbocycles. The summed E-state index contributed by atoms with van der Waals surface area (Å²) < 4.78 is 0. The monoisotopic (exact) mass is 264 g/mol. The molecule has 4 nitrogen and oxygen atoms in total. The molecule has 2 atom stereocenters. The van der Waals surface area contributed by atoms with Gasteiger partial charge in [0.15, 0.2) is 0 Å². The highest BCUT2D eigenvalue weighted by Gasteiger charge is 2.24. The lowest BCUT2D eigenvalue weighted by Gasteiger charge is -2.39. The summed E-state index contributed by atoms with van der Waals surface area (Å²) in [5.74, 6) is 0.806. The summed E-state index contributed by atoms with van der Waals surface area (Å²) in [6.45, 7) is 4.47. The molecule has 0 aliphatic carbocycles. The average Bonchev–Trinajstić information content (AvgIpc) is 2.34. The van der Waals surface area contributed by atoms with Gasteiger partial charge in [-0.2, -0.15) is 0 Å². The van der Waals surface area contributed by atoms with E-state index in [4.69, 9.17) is 18.0 Å². The average molecular weight is 264 g/mol. The van der Waals surface area contributed by atoms with Crippen LogP contribution in [0.5, 0.6) is 0 Å². The van der Waals surface area contributed by atoms with Crippen LogP contribution in [0.1, 0.15) is 38.7 Å². The molecule has 0 spiro atoms. The van der Waals surface area contributed by atoms with Gasteiger partial charge in [-0.25, -0.2) is 9.99 Å². The van der Waals surface area contributed by atoms with Crippen molar-refractivity contribution < 1.29 is 0 Å². The normalized spacial score (nSPS) is 24.8. The molecular formula is C13H20N4S. The number of nitrogens with two attached hydrogens (primary N) is 1. The minimum atomic E-state index is 0.403. The third-order valence-corrected chi connectivity index (χ3v) is 3.72. The molecule has 5 heteroatoms. The van der Waals surface area contributed by atoms with Gasteiger partial charge in [-0.1, -0.05) is 18.6 Å². The number of hydrazine groups is 1. The number of piperidine rings is 1. The predicted molar refractivity (Wildman–Crippen MR) is 78.4 cm³/mol. The van der Waals surface area contributed by atoms with Crippen molar-refractivity contribution >= 4 is 23.0 Å². The van der Waals surface area contributed by atoms with Gasteiger partial charge < -0.3 is 11.2 Å².